The van der Waals surface area contributed by atoms with Crippen LogP contribution in [0.3, 0.4) is 0 Å². The summed E-state index contributed by atoms with van der Waals surface area (Å²) in [4.78, 5) is 27.2. The summed E-state index contributed by atoms with van der Waals surface area (Å²) in [6.07, 6.45) is 5.96. The van der Waals surface area contributed by atoms with Gasteiger partial charge in [-0.2, -0.15) is 0 Å². The summed E-state index contributed by atoms with van der Waals surface area (Å²) >= 11 is 0. The summed E-state index contributed by atoms with van der Waals surface area (Å²) in [5.41, 5.74) is 1.41. The molecular formula is C23H24N2O4. The minimum atomic E-state index is -0.332. The number of carbonyl (C=O) groups is 2. The lowest BCUT2D eigenvalue weighted by atomic mass is 10.1. The first-order chi connectivity index (χ1) is 14.1. The number of para-hydroxylation sites is 2. The molecule has 2 aromatic rings. The van der Waals surface area contributed by atoms with E-state index in [4.69, 9.17) is 9.47 Å². The predicted molar refractivity (Wildman–Crippen MR) is 111 cm³/mol. The standard InChI is InChI=1S/C23H24N2O4/c1-28-18-12-10-16(11-13-18)14-21-23(27)25(19-8-4-5-9-20(19)29-21)15-22(26)24-17-6-2-3-7-17/h4-5,8-14,17H,2-3,6-7,15H2,1H3,(H,24,26)/b21-14-. The van der Waals surface area contributed by atoms with Gasteiger partial charge in [0.05, 0.1) is 12.8 Å². The molecule has 2 amide bonds. The van der Waals surface area contributed by atoms with Crippen LogP contribution >= 0.6 is 0 Å². The zero-order valence-corrected chi connectivity index (χ0v) is 16.4. The molecule has 1 fully saturated rings. The molecule has 1 aliphatic heterocycles. The molecule has 0 radical (unpaired) electrons. The van der Waals surface area contributed by atoms with Gasteiger partial charge in [0.1, 0.15) is 12.3 Å². The van der Waals surface area contributed by atoms with E-state index < -0.39 is 0 Å². The number of methoxy groups -OCH3 is 1. The Morgan fingerprint density at radius 3 is 2.62 bits per heavy atom. The van der Waals surface area contributed by atoms with Gasteiger partial charge in [-0.05, 0) is 48.7 Å². The average molecular weight is 392 g/mol. The second-order valence-corrected chi connectivity index (χ2v) is 7.29. The van der Waals surface area contributed by atoms with E-state index in [1.807, 2.05) is 36.4 Å². The van der Waals surface area contributed by atoms with Gasteiger partial charge in [-0.15, -0.1) is 0 Å². The third-order valence-corrected chi connectivity index (χ3v) is 5.27. The number of hydrogen-bond donors (Lipinski definition) is 1. The molecule has 6 heteroatoms. The fraction of sp³-hybridized carbons (Fsp3) is 0.304. The summed E-state index contributed by atoms with van der Waals surface area (Å²) in [5, 5.41) is 3.05. The van der Waals surface area contributed by atoms with Crippen LogP contribution in [-0.4, -0.2) is 31.5 Å². The van der Waals surface area contributed by atoms with Crippen LogP contribution in [0, 0.1) is 0 Å². The van der Waals surface area contributed by atoms with Crippen molar-refractivity contribution < 1.29 is 19.1 Å². The Balaban J connectivity index is 1.58. The van der Waals surface area contributed by atoms with Gasteiger partial charge in [0.25, 0.3) is 5.91 Å². The highest BCUT2D eigenvalue weighted by Crippen LogP contribution is 2.35. The predicted octanol–water partition coefficient (Wildman–Crippen LogP) is 3.52. The van der Waals surface area contributed by atoms with Gasteiger partial charge in [0.15, 0.2) is 11.5 Å². The van der Waals surface area contributed by atoms with Crippen LogP contribution in [0.25, 0.3) is 6.08 Å². The number of anilines is 1. The highest BCUT2D eigenvalue weighted by Gasteiger charge is 2.32. The molecule has 1 N–H and O–H groups in total. The van der Waals surface area contributed by atoms with Crippen molar-refractivity contribution in [2.45, 2.75) is 31.7 Å². The van der Waals surface area contributed by atoms with Crippen LogP contribution < -0.4 is 19.7 Å². The molecule has 150 valence electrons. The Morgan fingerprint density at radius 2 is 1.90 bits per heavy atom. The molecule has 0 saturated heterocycles. The zero-order valence-electron chi connectivity index (χ0n) is 16.4. The molecule has 0 unspecified atom stereocenters. The minimum absolute atomic E-state index is 0.0321. The number of hydrogen-bond acceptors (Lipinski definition) is 4. The topological polar surface area (TPSA) is 67.9 Å². The quantitative estimate of drug-likeness (QED) is 0.791. The Hall–Kier alpha value is -3.28. The van der Waals surface area contributed by atoms with Gasteiger partial charge in [0, 0.05) is 6.04 Å². The molecule has 2 aliphatic rings. The van der Waals surface area contributed by atoms with Crippen molar-refractivity contribution >= 4 is 23.6 Å². The van der Waals surface area contributed by atoms with Crippen LogP contribution in [0.2, 0.25) is 0 Å². The third kappa shape index (κ3) is 4.26. The Labute approximate surface area is 170 Å². The summed E-state index contributed by atoms with van der Waals surface area (Å²) in [5.74, 6) is 0.994. The van der Waals surface area contributed by atoms with E-state index in [0.717, 1.165) is 37.0 Å². The fourth-order valence-corrected chi connectivity index (χ4v) is 3.76. The van der Waals surface area contributed by atoms with E-state index in [0.29, 0.717) is 11.4 Å². The number of amides is 2. The summed E-state index contributed by atoms with van der Waals surface area (Å²) in [6.45, 7) is -0.0321. The van der Waals surface area contributed by atoms with Gasteiger partial charge < -0.3 is 14.8 Å². The molecular weight excluding hydrogens is 368 g/mol. The van der Waals surface area contributed by atoms with Crippen molar-refractivity contribution in [3.05, 3.63) is 59.9 Å². The first kappa shape index (κ1) is 19.1. The lowest BCUT2D eigenvalue weighted by molar-refractivity contribution is -0.123. The van der Waals surface area contributed by atoms with E-state index in [2.05, 4.69) is 5.32 Å². The smallest absolute Gasteiger partial charge is 0.294 e. The van der Waals surface area contributed by atoms with Gasteiger partial charge in [-0.1, -0.05) is 37.1 Å². The molecule has 0 atom stereocenters. The number of nitrogens with one attached hydrogen (secondary N) is 1. The number of fused-ring (bicyclic) bond motifs is 1. The molecule has 0 aromatic heterocycles. The lowest BCUT2D eigenvalue weighted by Crippen LogP contribution is -2.46. The van der Waals surface area contributed by atoms with Crippen molar-refractivity contribution in [2.75, 3.05) is 18.6 Å². The van der Waals surface area contributed by atoms with Gasteiger partial charge in [-0.25, -0.2) is 0 Å². The van der Waals surface area contributed by atoms with Crippen LogP contribution in [0.1, 0.15) is 31.2 Å². The Kier molecular flexibility index (Phi) is 5.51. The highest BCUT2D eigenvalue weighted by molar-refractivity contribution is 6.12. The van der Waals surface area contributed by atoms with E-state index in [1.54, 1.807) is 25.3 Å². The van der Waals surface area contributed by atoms with Gasteiger partial charge >= 0.3 is 0 Å². The van der Waals surface area contributed by atoms with Crippen LogP contribution in [-0.2, 0) is 9.59 Å². The van der Waals surface area contributed by atoms with Crippen molar-refractivity contribution in [3.63, 3.8) is 0 Å². The molecule has 2 aromatic carbocycles. The number of nitrogens with zero attached hydrogens (tertiary/aromatic N) is 1. The van der Waals surface area contributed by atoms with Gasteiger partial charge in [0.2, 0.25) is 5.91 Å². The minimum Gasteiger partial charge on any atom is -0.497 e. The lowest BCUT2D eigenvalue weighted by Gasteiger charge is -2.30. The Bertz CT molecular complexity index is 930. The van der Waals surface area contributed by atoms with Crippen LogP contribution in [0.15, 0.2) is 54.3 Å². The molecule has 4 rings (SSSR count). The maximum atomic E-state index is 13.1. The number of ether oxygens (including phenoxy) is 2. The van der Waals surface area contributed by atoms with E-state index in [1.165, 1.54) is 4.90 Å². The highest BCUT2D eigenvalue weighted by atomic mass is 16.5. The van der Waals surface area contributed by atoms with Crippen molar-refractivity contribution in [2.24, 2.45) is 0 Å². The fourth-order valence-electron chi connectivity index (χ4n) is 3.76. The second-order valence-electron chi connectivity index (χ2n) is 7.29. The zero-order chi connectivity index (χ0) is 20.2. The first-order valence-electron chi connectivity index (χ1n) is 9.88. The second kappa shape index (κ2) is 8.39. The molecule has 6 nitrogen and oxygen atoms in total. The monoisotopic (exact) mass is 392 g/mol. The first-order valence-corrected chi connectivity index (χ1v) is 9.88. The van der Waals surface area contributed by atoms with Crippen LogP contribution in [0.5, 0.6) is 11.5 Å². The molecule has 0 spiro atoms. The molecule has 1 heterocycles. The SMILES string of the molecule is COc1ccc(/C=C2\Oc3ccccc3N(CC(=O)NC3CCCC3)C2=O)cc1. The number of rotatable bonds is 5. The van der Waals surface area contributed by atoms with E-state index >= 15 is 0 Å². The van der Waals surface area contributed by atoms with Crippen molar-refractivity contribution in [1.82, 2.24) is 5.32 Å². The average Bonchev–Trinajstić information content (AvgIpc) is 3.24. The Morgan fingerprint density at radius 1 is 1.17 bits per heavy atom. The third-order valence-electron chi connectivity index (χ3n) is 5.27. The summed E-state index contributed by atoms with van der Waals surface area (Å²) in [6, 6.07) is 14.8. The van der Waals surface area contributed by atoms with E-state index in [9.17, 15) is 9.59 Å². The van der Waals surface area contributed by atoms with Crippen molar-refractivity contribution in [3.8, 4) is 11.5 Å². The molecule has 0 bridgehead atoms. The van der Waals surface area contributed by atoms with Crippen LogP contribution in [0.4, 0.5) is 5.69 Å². The number of carbonyl (C=O) groups excluding carboxylic acids is 2. The maximum absolute atomic E-state index is 13.1. The van der Waals surface area contributed by atoms with E-state index in [-0.39, 0.29) is 30.2 Å². The van der Waals surface area contributed by atoms with Gasteiger partial charge in [-0.3, -0.25) is 14.5 Å². The molecule has 1 saturated carbocycles. The molecule has 1 aliphatic carbocycles. The summed E-state index contributed by atoms with van der Waals surface area (Å²) < 4.78 is 11.0. The molecule has 29 heavy (non-hydrogen) atoms. The normalized spacial score (nSPS) is 17.8. The maximum Gasteiger partial charge on any atom is 0.294 e. The summed E-state index contributed by atoms with van der Waals surface area (Å²) in [7, 11) is 1.60. The number of benzene rings is 2. The van der Waals surface area contributed by atoms with Crippen molar-refractivity contribution in [1.29, 1.82) is 0 Å². The largest absolute Gasteiger partial charge is 0.497 e.